The molecule has 0 unspecified atom stereocenters. The minimum Gasteiger partial charge on any atom is -0.497 e. The topological polar surface area (TPSA) is 58.6 Å². The Morgan fingerprint density at radius 2 is 1.88 bits per heavy atom. The standard InChI is InChI=1S/C21H26N2O3/c1-15-8-9-16(2)20(12-15)23(17(3)24)14-21(25)22-11-10-18-6-5-7-19(13-18)26-4/h5-9,12-13H,10-11,14H2,1-4H3,(H,22,25). The first-order valence-electron chi connectivity index (χ1n) is 8.65. The number of nitrogens with one attached hydrogen (secondary N) is 1. The maximum Gasteiger partial charge on any atom is 0.240 e. The zero-order valence-corrected chi connectivity index (χ0v) is 15.8. The van der Waals surface area contributed by atoms with Crippen LogP contribution in [-0.4, -0.2) is 32.0 Å². The van der Waals surface area contributed by atoms with Crippen LogP contribution < -0.4 is 15.0 Å². The van der Waals surface area contributed by atoms with Crippen molar-refractivity contribution < 1.29 is 14.3 Å². The van der Waals surface area contributed by atoms with Gasteiger partial charge in [0.05, 0.1) is 7.11 Å². The molecule has 0 saturated carbocycles. The van der Waals surface area contributed by atoms with E-state index in [1.807, 2.05) is 56.3 Å². The van der Waals surface area contributed by atoms with Crippen LogP contribution in [0.3, 0.4) is 0 Å². The molecule has 2 rings (SSSR count). The van der Waals surface area contributed by atoms with Gasteiger partial charge in [0.2, 0.25) is 11.8 Å². The third-order valence-corrected chi connectivity index (χ3v) is 4.21. The highest BCUT2D eigenvalue weighted by Gasteiger charge is 2.17. The summed E-state index contributed by atoms with van der Waals surface area (Å²) in [5.74, 6) is 0.470. The summed E-state index contributed by atoms with van der Waals surface area (Å²) >= 11 is 0. The molecule has 0 spiro atoms. The Morgan fingerprint density at radius 1 is 1.12 bits per heavy atom. The second-order valence-electron chi connectivity index (χ2n) is 6.35. The van der Waals surface area contributed by atoms with Crippen LogP contribution in [0, 0.1) is 13.8 Å². The number of carbonyl (C=O) groups is 2. The van der Waals surface area contributed by atoms with Crippen LogP contribution in [0.1, 0.15) is 23.6 Å². The number of methoxy groups -OCH3 is 1. The number of carbonyl (C=O) groups excluding carboxylic acids is 2. The highest BCUT2D eigenvalue weighted by molar-refractivity contribution is 5.98. The molecule has 0 aliphatic heterocycles. The molecule has 0 saturated heterocycles. The van der Waals surface area contributed by atoms with E-state index < -0.39 is 0 Å². The molecule has 0 radical (unpaired) electrons. The number of amides is 2. The second-order valence-corrected chi connectivity index (χ2v) is 6.35. The quantitative estimate of drug-likeness (QED) is 0.831. The molecule has 0 atom stereocenters. The summed E-state index contributed by atoms with van der Waals surface area (Å²) < 4.78 is 5.20. The average molecular weight is 354 g/mol. The lowest BCUT2D eigenvalue weighted by Gasteiger charge is -2.23. The predicted octanol–water partition coefficient (Wildman–Crippen LogP) is 3.02. The maximum atomic E-state index is 12.3. The second kappa shape index (κ2) is 9.04. The van der Waals surface area contributed by atoms with E-state index in [9.17, 15) is 9.59 Å². The number of nitrogens with zero attached hydrogens (tertiary/aromatic N) is 1. The highest BCUT2D eigenvalue weighted by atomic mass is 16.5. The van der Waals surface area contributed by atoms with Crippen LogP contribution >= 0.6 is 0 Å². The molecule has 0 heterocycles. The molecule has 1 N–H and O–H groups in total. The molecule has 26 heavy (non-hydrogen) atoms. The van der Waals surface area contributed by atoms with Gasteiger partial charge < -0.3 is 15.0 Å². The predicted molar refractivity (Wildman–Crippen MR) is 104 cm³/mol. The first kappa shape index (κ1) is 19.5. The molecule has 0 aliphatic carbocycles. The minimum absolute atomic E-state index is 0.0116. The Bertz CT molecular complexity index is 787. The molecule has 2 aromatic rings. The summed E-state index contributed by atoms with van der Waals surface area (Å²) in [5, 5.41) is 2.88. The summed E-state index contributed by atoms with van der Waals surface area (Å²) in [5.41, 5.74) is 3.88. The van der Waals surface area contributed by atoms with E-state index in [2.05, 4.69) is 5.32 Å². The lowest BCUT2D eigenvalue weighted by atomic mass is 10.1. The Balaban J connectivity index is 1.95. The van der Waals surface area contributed by atoms with Crippen molar-refractivity contribution in [2.75, 3.05) is 25.1 Å². The smallest absolute Gasteiger partial charge is 0.240 e. The Hall–Kier alpha value is -2.82. The fraction of sp³-hybridized carbons (Fsp3) is 0.333. The molecule has 0 aliphatic rings. The Morgan fingerprint density at radius 3 is 2.58 bits per heavy atom. The van der Waals surface area contributed by atoms with Crippen LogP contribution in [-0.2, 0) is 16.0 Å². The van der Waals surface area contributed by atoms with Gasteiger partial charge in [0.1, 0.15) is 12.3 Å². The van der Waals surface area contributed by atoms with Gasteiger partial charge in [0.25, 0.3) is 0 Å². The van der Waals surface area contributed by atoms with Gasteiger partial charge in [-0.15, -0.1) is 0 Å². The third-order valence-electron chi connectivity index (χ3n) is 4.21. The number of hydrogen-bond donors (Lipinski definition) is 1. The van der Waals surface area contributed by atoms with Gasteiger partial charge in [-0.25, -0.2) is 0 Å². The van der Waals surface area contributed by atoms with Crippen LogP contribution in [0.25, 0.3) is 0 Å². The SMILES string of the molecule is COc1cccc(CCNC(=O)CN(C(C)=O)c2cc(C)ccc2C)c1. The van der Waals surface area contributed by atoms with Crippen molar-refractivity contribution in [2.45, 2.75) is 27.2 Å². The normalized spacial score (nSPS) is 10.3. The Labute approximate surface area is 155 Å². The van der Waals surface area contributed by atoms with Crippen LogP contribution in [0.4, 0.5) is 5.69 Å². The first-order chi connectivity index (χ1) is 12.4. The van der Waals surface area contributed by atoms with Crippen LogP contribution in [0.2, 0.25) is 0 Å². The van der Waals surface area contributed by atoms with E-state index in [1.54, 1.807) is 7.11 Å². The minimum atomic E-state index is -0.177. The maximum absolute atomic E-state index is 12.3. The van der Waals surface area contributed by atoms with Crippen molar-refractivity contribution in [2.24, 2.45) is 0 Å². The first-order valence-corrected chi connectivity index (χ1v) is 8.65. The summed E-state index contributed by atoms with van der Waals surface area (Å²) in [6.07, 6.45) is 0.701. The summed E-state index contributed by atoms with van der Waals surface area (Å²) in [6.45, 7) is 5.90. The van der Waals surface area contributed by atoms with Crippen molar-refractivity contribution in [1.29, 1.82) is 0 Å². The van der Waals surface area contributed by atoms with Crippen LogP contribution in [0.5, 0.6) is 5.75 Å². The zero-order valence-electron chi connectivity index (χ0n) is 15.8. The molecule has 5 heteroatoms. The molecule has 2 aromatic carbocycles. The molecule has 138 valence electrons. The van der Waals surface area contributed by atoms with Crippen molar-refractivity contribution in [3.8, 4) is 5.75 Å². The fourth-order valence-corrected chi connectivity index (χ4v) is 2.75. The van der Waals surface area contributed by atoms with E-state index >= 15 is 0 Å². The fourth-order valence-electron chi connectivity index (χ4n) is 2.75. The number of rotatable bonds is 7. The van der Waals surface area contributed by atoms with Gasteiger partial charge in [0.15, 0.2) is 0 Å². The largest absolute Gasteiger partial charge is 0.497 e. The van der Waals surface area contributed by atoms with E-state index in [1.165, 1.54) is 11.8 Å². The molecule has 2 amide bonds. The molecule has 0 aromatic heterocycles. The van der Waals surface area contributed by atoms with E-state index in [4.69, 9.17) is 4.74 Å². The van der Waals surface area contributed by atoms with Gasteiger partial charge in [-0.05, 0) is 55.2 Å². The Kier molecular flexibility index (Phi) is 6.78. The molecular weight excluding hydrogens is 328 g/mol. The molecule has 0 bridgehead atoms. The molecular formula is C21H26N2O3. The van der Waals surface area contributed by atoms with E-state index in [-0.39, 0.29) is 18.4 Å². The number of anilines is 1. The van der Waals surface area contributed by atoms with Gasteiger partial charge in [-0.2, -0.15) is 0 Å². The molecule has 5 nitrogen and oxygen atoms in total. The average Bonchev–Trinajstić information content (AvgIpc) is 2.62. The van der Waals surface area contributed by atoms with Gasteiger partial charge in [-0.3, -0.25) is 9.59 Å². The summed E-state index contributed by atoms with van der Waals surface area (Å²) in [7, 11) is 1.63. The monoisotopic (exact) mass is 354 g/mol. The van der Waals surface area contributed by atoms with Crippen molar-refractivity contribution in [3.63, 3.8) is 0 Å². The number of aryl methyl sites for hydroxylation is 2. The number of hydrogen-bond acceptors (Lipinski definition) is 3. The van der Waals surface area contributed by atoms with Crippen molar-refractivity contribution in [1.82, 2.24) is 5.32 Å². The highest BCUT2D eigenvalue weighted by Crippen LogP contribution is 2.21. The van der Waals surface area contributed by atoms with Gasteiger partial charge in [0, 0.05) is 19.2 Å². The zero-order chi connectivity index (χ0) is 19.1. The van der Waals surface area contributed by atoms with E-state index in [0.29, 0.717) is 13.0 Å². The van der Waals surface area contributed by atoms with Crippen molar-refractivity contribution in [3.05, 3.63) is 59.2 Å². The van der Waals surface area contributed by atoms with Gasteiger partial charge in [-0.1, -0.05) is 24.3 Å². The lowest BCUT2D eigenvalue weighted by molar-refractivity contribution is -0.123. The summed E-state index contributed by atoms with van der Waals surface area (Å²) in [4.78, 5) is 25.9. The molecule has 0 fully saturated rings. The van der Waals surface area contributed by atoms with Crippen LogP contribution in [0.15, 0.2) is 42.5 Å². The van der Waals surface area contributed by atoms with Crippen molar-refractivity contribution >= 4 is 17.5 Å². The lowest BCUT2D eigenvalue weighted by Crippen LogP contribution is -2.40. The third kappa shape index (κ3) is 5.34. The number of ether oxygens (including phenoxy) is 1. The van der Waals surface area contributed by atoms with E-state index in [0.717, 1.165) is 28.1 Å². The van der Waals surface area contributed by atoms with Gasteiger partial charge >= 0.3 is 0 Å². The summed E-state index contributed by atoms with van der Waals surface area (Å²) in [6, 6.07) is 13.6. The number of benzene rings is 2.